The normalized spacial score (nSPS) is 10.4. The van der Waals surface area contributed by atoms with Gasteiger partial charge in [0.1, 0.15) is 10.8 Å². The molecule has 0 aliphatic rings. The number of pyridine rings is 1. The molecule has 5 heteroatoms. The van der Waals surface area contributed by atoms with Crippen molar-refractivity contribution >= 4 is 27.5 Å². The predicted molar refractivity (Wildman–Crippen MR) is 76.2 cm³/mol. The van der Waals surface area contributed by atoms with Gasteiger partial charge < -0.3 is 10.1 Å². The van der Waals surface area contributed by atoms with Crippen LogP contribution in [0.15, 0.2) is 41.0 Å². The molecule has 0 bridgehead atoms. The van der Waals surface area contributed by atoms with Crippen LogP contribution in [0, 0.1) is 0 Å². The van der Waals surface area contributed by atoms with E-state index >= 15 is 0 Å². The lowest BCUT2D eigenvalue weighted by atomic mass is 10.2. The molecule has 1 heterocycles. The number of nitrogens with one attached hydrogen (secondary N) is 1. The molecule has 94 valence electrons. The number of ether oxygens (including phenoxy) is 1. The molecular weight excluding hydrogens is 316 g/mol. The molecule has 0 fully saturated rings. The molecule has 0 saturated carbocycles. The molecule has 0 saturated heterocycles. The Morgan fingerprint density at radius 1 is 1.33 bits per heavy atom. The van der Waals surface area contributed by atoms with Crippen molar-refractivity contribution in [3.05, 3.63) is 51.6 Å². The van der Waals surface area contributed by atoms with Crippen LogP contribution in [-0.4, -0.2) is 12.0 Å². The van der Waals surface area contributed by atoms with Gasteiger partial charge in [-0.1, -0.05) is 23.7 Å². The van der Waals surface area contributed by atoms with Gasteiger partial charge in [-0.25, -0.2) is 4.98 Å². The Bertz CT molecular complexity index is 531. The SMILES string of the molecule is CNCc1ccc(Oc2ncc(Br)cc2Cl)cc1. The van der Waals surface area contributed by atoms with Gasteiger partial charge in [-0.05, 0) is 46.7 Å². The maximum Gasteiger partial charge on any atom is 0.238 e. The highest BCUT2D eigenvalue weighted by atomic mass is 79.9. The van der Waals surface area contributed by atoms with E-state index in [0.717, 1.165) is 11.0 Å². The van der Waals surface area contributed by atoms with Crippen LogP contribution in [-0.2, 0) is 6.54 Å². The fraction of sp³-hybridized carbons (Fsp3) is 0.154. The first-order valence-electron chi connectivity index (χ1n) is 5.41. The number of rotatable bonds is 4. The smallest absolute Gasteiger partial charge is 0.238 e. The van der Waals surface area contributed by atoms with Crippen LogP contribution in [0.2, 0.25) is 5.02 Å². The summed E-state index contributed by atoms with van der Waals surface area (Å²) in [6.07, 6.45) is 1.65. The number of hydrogen-bond acceptors (Lipinski definition) is 3. The Hall–Kier alpha value is -1.10. The average Bonchev–Trinajstić information content (AvgIpc) is 2.35. The monoisotopic (exact) mass is 326 g/mol. The van der Waals surface area contributed by atoms with Gasteiger partial charge >= 0.3 is 0 Å². The second-order valence-electron chi connectivity index (χ2n) is 3.72. The van der Waals surface area contributed by atoms with Gasteiger partial charge in [0, 0.05) is 17.2 Å². The first-order valence-corrected chi connectivity index (χ1v) is 6.58. The molecule has 0 amide bonds. The summed E-state index contributed by atoms with van der Waals surface area (Å²) in [5, 5.41) is 3.56. The zero-order valence-electron chi connectivity index (χ0n) is 9.78. The van der Waals surface area contributed by atoms with E-state index in [4.69, 9.17) is 16.3 Å². The molecule has 0 aliphatic heterocycles. The third kappa shape index (κ3) is 3.45. The predicted octanol–water partition coefficient (Wildman–Crippen LogP) is 4.01. The van der Waals surface area contributed by atoms with E-state index in [0.29, 0.717) is 16.7 Å². The molecular formula is C13H12BrClN2O. The van der Waals surface area contributed by atoms with E-state index < -0.39 is 0 Å². The molecule has 0 spiro atoms. The number of aromatic nitrogens is 1. The molecule has 18 heavy (non-hydrogen) atoms. The molecule has 3 nitrogen and oxygen atoms in total. The summed E-state index contributed by atoms with van der Waals surface area (Å²) in [7, 11) is 1.91. The number of benzene rings is 1. The lowest BCUT2D eigenvalue weighted by Crippen LogP contribution is -2.04. The second-order valence-corrected chi connectivity index (χ2v) is 5.04. The zero-order chi connectivity index (χ0) is 13.0. The fourth-order valence-corrected chi connectivity index (χ4v) is 2.14. The van der Waals surface area contributed by atoms with Gasteiger partial charge in [-0.2, -0.15) is 0 Å². The van der Waals surface area contributed by atoms with Crippen molar-refractivity contribution in [1.29, 1.82) is 0 Å². The maximum atomic E-state index is 6.03. The van der Waals surface area contributed by atoms with Crippen LogP contribution in [0.4, 0.5) is 0 Å². The van der Waals surface area contributed by atoms with Crippen LogP contribution in [0.1, 0.15) is 5.56 Å². The molecule has 2 aromatic rings. The van der Waals surface area contributed by atoms with Crippen LogP contribution < -0.4 is 10.1 Å². The first-order chi connectivity index (χ1) is 8.69. The summed E-state index contributed by atoms with van der Waals surface area (Å²) in [5.41, 5.74) is 1.19. The van der Waals surface area contributed by atoms with Crippen LogP contribution in [0.25, 0.3) is 0 Å². The third-order valence-electron chi connectivity index (χ3n) is 2.29. The van der Waals surface area contributed by atoms with Gasteiger partial charge in [0.05, 0.1) is 0 Å². The van der Waals surface area contributed by atoms with E-state index in [1.807, 2.05) is 31.3 Å². The Balaban J connectivity index is 2.13. The first kappa shape index (κ1) is 13.3. The Morgan fingerprint density at radius 2 is 2.06 bits per heavy atom. The topological polar surface area (TPSA) is 34.1 Å². The minimum Gasteiger partial charge on any atom is -0.438 e. The van der Waals surface area contributed by atoms with Gasteiger partial charge in [0.25, 0.3) is 0 Å². The van der Waals surface area contributed by atoms with Gasteiger partial charge in [0.2, 0.25) is 5.88 Å². The highest BCUT2D eigenvalue weighted by molar-refractivity contribution is 9.10. The molecule has 0 unspecified atom stereocenters. The summed E-state index contributed by atoms with van der Waals surface area (Å²) in [5.74, 6) is 1.12. The van der Waals surface area contributed by atoms with Gasteiger partial charge in [0.15, 0.2) is 0 Å². The number of nitrogens with zero attached hydrogens (tertiary/aromatic N) is 1. The molecule has 0 atom stereocenters. The fourth-order valence-electron chi connectivity index (χ4n) is 1.47. The Morgan fingerprint density at radius 3 is 2.67 bits per heavy atom. The maximum absolute atomic E-state index is 6.03. The van der Waals surface area contributed by atoms with Gasteiger partial charge in [-0.3, -0.25) is 0 Å². The number of hydrogen-bond donors (Lipinski definition) is 1. The van der Waals surface area contributed by atoms with Crippen LogP contribution >= 0.6 is 27.5 Å². The van der Waals surface area contributed by atoms with E-state index in [1.165, 1.54) is 5.56 Å². The summed E-state index contributed by atoms with van der Waals surface area (Å²) in [4.78, 5) is 4.12. The highest BCUT2D eigenvalue weighted by Gasteiger charge is 2.05. The van der Waals surface area contributed by atoms with Crippen LogP contribution in [0.3, 0.4) is 0 Å². The molecule has 1 aromatic heterocycles. The Labute approximate surface area is 119 Å². The van der Waals surface area contributed by atoms with E-state index in [-0.39, 0.29) is 0 Å². The van der Waals surface area contributed by atoms with Crippen molar-refractivity contribution in [3.63, 3.8) is 0 Å². The third-order valence-corrected chi connectivity index (χ3v) is 3.00. The largest absolute Gasteiger partial charge is 0.438 e. The molecule has 0 aliphatic carbocycles. The standard InChI is InChI=1S/C13H12BrClN2O/c1-16-7-9-2-4-11(5-3-9)18-13-12(15)6-10(14)8-17-13/h2-6,8,16H,7H2,1H3. The van der Waals surface area contributed by atoms with E-state index in [2.05, 4.69) is 26.2 Å². The average molecular weight is 328 g/mol. The van der Waals surface area contributed by atoms with E-state index in [1.54, 1.807) is 12.3 Å². The molecule has 1 aromatic carbocycles. The molecule has 1 N–H and O–H groups in total. The quantitative estimate of drug-likeness (QED) is 0.921. The van der Waals surface area contributed by atoms with Crippen molar-refractivity contribution in [2.45, 2.75) is 6.54 Å². The van der Waals surface area contributed by atoms with Crippen LogP contribution in [0.5, 0.6) is 11.6 Å². The highest BCUT2D eigenvalue weighted by Crippen LogP contribution is 2.29. The van der Waals surface area contributed by atoms with Crippen molar-refractivity contribution in [2.75, 3.05) is 7.05 Å². The zero-order valence-corrected chi connectivity index (χ0v) is 12.1. The summed E-state index contributed by atoms with van der Waals surface area (Å²) >= 11 is 9.33. The summed E-state index contributed by atoms with van der Waals surface area (Å²) in [6, 6.07) is 9.54. The van der Waals surface area contributed by atoms with Crippen molar-refractivity contribution in [2.24, 2.45) is 0 Å². The number of halogens is 2. The van der Waals surface area contributed by atoms with Crippen molar-refractivity contribution in [3.8, 4) is 11.6 Å². The second kappa shape index (κ2) is 6.18. The van der Waals surface area contributed by atoms with E-state index in [9.17, 15) is 0 Å². The molecule has 2 rings (SSSR count). The van der Waals surface area contributed by atoms with Crippen molar-refractivity contribution in [1.82, 2.24) is 10.3 Å². The minimum absolute atomic E-state index is 0.404. The summed E-state index contributed by atoms with van der Waals surface area (Å²) < 4.78 is 6.44. The lowest BCUT2D eigenvalue weighted by Gasteiger charge is -2.07. The van der Waals surface area contributed by atoms with Crippen molar-refractivity contribution < 1.29 is 4.74 Å². The summed E-state index contributed by atoms with van der Waals surface area (Å²) in [6.45, 7) is 0.831. The molecule has 0 radical (unpaired) electrons. The Kier molecular flexibility index (Phi) is 4.58. The minimum atomic E-state index is 0.404. The lowest BCUT2D eigenvalue weighted by molar-refractivity contribution is 0.463. The van der Waals surface area contributed by atoms with Gasteiger partial charge in [-0.15, -0.1) is 0 Å².